The van der Waals surface area contributed by atoms with E-state index in [0.717, 1.165) is 51.6 Å². The van der Waals surface area contributed by atoms with Gasteiger partial charge in [0.15, 0.2) is 5.75 Å². The lowest BCUT2D eigenvalue weighted by molar-refractivity contribution is 0.0943. The minimum atomic E-state index is -4.17. The molecule has 1 aliphatic carbocycles. The first-order valence-corrected chi connectivity index (χ1v) is 14.8. The molecule has 0 spiro atoms. The van der Waals surface area contributed by atoms with E-state index >= 15 is 0 Å². The van der Waals surface area contributed by atoms with Crippen molar-refractivity contribution >= 4 is 21.6 Å². The van der Waals surface area contributed by atoms with Crippen molar-refractivity contribution in [3.05, 3.63) is 48.0 Å². The lowest BCUT2D eigenvalue weighted by Gasteiger charge is -2.28. The summed E-state index contributed by atoms with van der Waals surface area (Å²) in [5.41, 5.74) is 0.860. The Morgan fingerprint density at radius 2 is 1.67 bits per heavy atom. The summed E-state index contributed by atoms with van der Waals surface area (Å²) in [5, 5.41) is 8.72. The Morgan fingerprint density at radius 3 is 2.25 bits per heavy atom. The predicted octanol–water partition coefficient (Wildman–Crippen LogP) is 5.84. The lowest BCUT2D eigenvalue weighted by atomic mass is 9.89. The molecule has 2 aromatic rings. The standard InChI is InChI=1S/C28H41N3O4S/c1-3-5-17-31(18-6-4-2)25-19-23(28(32)30-21-22-13-9-7-10-14-22)20-26(36(29,33)34)27(25)35-24-15-11-8-12-16-24/h8,11-12,15-16,19-20,22H,3-7,9-10,13-14,17-18,21H2,1-2H3,(H,30,32)(H2,29,33,34). The van der Waals surface area contributed by atoms with E-state index in [1.54, 1.807) is 18.2 Å². The largest absolute Gasteiger partial charge is 0.454 e. The summed E-state index contributed by atoms with van der Waals surface area (Å²) >= 11 is 0. The Kier molecular flexibility index (Phi) is 10.6. The molecule has 3 rings (SSSR count). The Labute approximate surface area is 216 Å². The second kappa shape index (κ2) is 13.7. The zero-order valence-corrected chi connectivity index (χ0v) is 22.5. The van der Waals surface area contributed by atoms with Crippen molar-refractivity contribution in [2.24, 2.45) is 11.1 Å². The molecule has 0 bridgehead atoms. The molecule has 0 saturated heterocycles. The Balaban J connectivity index is 2.05. The number of sulfonamides is 1. The van der Waals surface area contributed by atoms with Crippen LogP contribution in [0.25, 0.3) is 0 Å². The van der Waals surface area contributed by atoms with Crippen LogP contribution in [-0.4, -0.2) is 34.0 Å². The van der Waals surface area contributed by atoms with Gasteiger partial charge in [0.2, 0.25) is 10.0 Å². The molecule has 1 fully saturated rings. The highest BCUT2D eigenvalue weighted by atomic mass is 32.2. The van der Waals surface area contributed by atoms with Crippen LogP contribution < -0.4 is 20.1 Å². The number of anilines is 1. The molecule has 0 unspecified atom stereocenters. The van der Waals surface area contributed by atoms with Gasteiger partial charge in [0, 0.05) is 25.2 Å². The molecule has 3 N–H and O–H groups in total. The van der Waals surface area contributed by atoms with E-state index in [-0.39, 0.29) is 22.1 Å². The molecule has 1 aliphatic rings. The minimum absolute atomic E-state index is 0.166. The fourth-order valence-corrected chi connectivity index (χ4v) is 5.35. The first kappa shape index (κ1) is 28.0. The lowest BCUT2D eigenvalue weighted by Crippen LogP contribution is -2.31. The molecule has 0 atom stereocenters. The number of carbonyl (C=O) groups is 1. The molecule has 0 heterocycles. The SMILES string of the molecule is CCCCN(CCCC)c1cc(C(=O)NCC2CCCCC2)cc(S(N)(=O)=O)c1Oc1ccccc1. The third-order valence-corrected chi connectivity index (χ3v) is 7.66. The summed E-state index contributed by atoms with van der Waals surface area (Å²) in [6.45, 7) is 6.27. The summed E-state index contributed by atoms with van der Waals surface area (Å²) in [6.07, 6.45) is 9.68. The minimum Gasteiger partial charge on any atom is -0.454 e. The smallest absolute Gasteiger partial charge is 0.251 e. The van der Waals surface area contributed by atoms with Gasteiger partial charge >= 0.3 is 0 Å². The summed E-state index contributed by atoms with van der Waals surface area (Å²) in [7, 11) is -4.17. The predicted molar refractivity (Wildman–Crippen MR) is 145 cm³/mol. The zero-order valence-electron chi connectivity index (χ0n) is 21.7. The molecule has 198 valence electrons. The first-order valence-electron chi connectivity index (χ1n) is 13.3. The maximum Gasteiger partial charge on any atom is 0.251 e. The second-order valence-corrected chi connectivity index (χ2v) is 11.2. The molecule has 0 radical (unpaired) electrons. The number of hydrogen-bond acceptors (Lipinski definition) is 5. The van der Waals surface area contributed by atoms with E-state index in [9.17, 15) is 13.2 Å². The summed E-state index contributed by atoms with van der Waals surface area (Å²) in [4.78, 5) is 15.2. The fraction of sp³-hybridized carbons (Fsp3) is 0.536. The highest BCUT2D eigenvalue weighted by molar-refractivity contribution is 7.89. The van der Waals surface area contributed by atoms with Gasteiger partial charge in [-0.05, 0) is 55.9 Å². The Hall–Kier alpha value is -2.58. The van der Waals surface area contributed by atoms with E-state index in [1.165, 1.54) is 25.3 Å². The van der Waals surface area contributed by atoms with Crippen molar-refractivity contribution in [3.8, 4) is 11.5 Å². The molecular formula is C28H41N3O4S. The molecule has 8 heteroatoms. The van der Waals surface area contributed by atoms with Gasteiger partial charge in [-0.25, -0.2) is 13.6 Å². The normalized spacial score (nSPS) is 14.4. The highest BCUT2D eigenvalue weighted by Gasteiger charge is 2.26. The number of para-hydroxylation sites is 1. The van der Waals surface area contributed by atoms with E-state index in [4.69, 9.17) is 9.88 Å². The van der Waals surface area contributed by atoms with Crippen LogP contribution >= 0.6 is 0 Å². The molecule has 1 saturated carbocycles. The van der Waals surface area contributed by atoms with Crippen LogP contribution in [0.3, 0.4) is 0 Å². The molecular weight excluding hydrogens is 474 g/mol. The van der Waals surface area contributed by atoms with Crippen molar-refractivity contribution < 1.29 is 17.9 Å². The van der Waals surface area contributed by atoms with Crippen LogP contribution in [0.15, 0.2) is 47.4 Å². The maximum absolute atomic E-state index is 13.2. The van der Waals surface area contributed by atoms with Crippen molar-refractivity contribution in [2.75, 3.05) is 24.5 Å². The summed E-state index contributed by atoms with van der Waals surface area (Å²) in [5.74, 6) is 0.846. The average molecular weight is 516 g/mol. The zero-order chi connectivity index (χ0) is 26.0. The molecule has 36 heavy (non-hydrogen) atoms. The summed E-state index contributed by atoms with van der Waals surface area (Å²) in [6, 6.07) is 12.2. The number of unbranched alkanes of at least 4 members (excludes halogenated alkanes) is 2. The van der Waals surface area contributed by atoms with Gasteiger partial charge in [-0.1, -0.05) is 64.2 Å². The van der Waals surface area contributed by atoms with Gasteiger partial charge in [-0.3, -0.25) is 4.79 Å². The molecule has 0 aliphatic heterocycles. The van der Waals surface area contributed by atoms with Crippen LogP contribution in [0.4, 0.5) is 5.69 Å². The van der Waals surface area contributed by atoms with Crippen molar-refractivity contribution in [1.29, 1.82) is 0 Å². The number of amides is 1. The molecule has 7 nitrogen and oxygen atoms in total. The molecule has 1 amide bonds. The number of nitrogens with two attached hydrogens (primary N) is 1. The van der Waals surface area contributed by atoms with Gasteiger partial charge in [0.05, 0.1) is 5.69 Å². The van der Waals surface area contributed by atoms with E-state index in [1.807, 2.05) is 18.2 Å². The number of nitrogens with one attached hydrogen (secondary N) is 1. The van der Waals surface area contributed by atoms with Gasteiger partial charge in [-0.2, -0.15) is 0 Å². The Morgan fingerprint density at radius 1 is 1.03 bits per heavy atom. The quantitative estimate of drug-likeness (QED) is 0.349. The second-order valence-electron chi connectivity index (χ2n) is 9.69. The number of hydrogen-bond donors (Lipinski definition) is 2. The van der Waals surface area contributed by atoms with Crippen LogP contribution in [0.2, 0.25) is 0 Å². The third kappa shape index (κ3) is 7.96. The van der Waals surface area contributed by atoms with Gasteiger partial charge < -0.3 is 15.0 Å². The fourth-order valence-electron chi connectivity index (χ4n) is 4.65. The number of ether oxygens (including phenoxy) is 1. The van der Waals surface area contributed by atoms with E-state index in [0.29, 0.717) is 23.9 Å². The van der Waals surface area contributed by atoms with E-state index in [2.05, 4.69) is 24.1 Å². The van der Waals surface area contributed by atoms with Crippen molar-refractivity contribution in [1.82, 2.24) is 5.32 Å². The maximum atomic E-state index is 13.2. The third-order valence-electron chi connectivity index (χ3n) is 6.75. The first-order chi connectivity index (χ1) is 17.3. The van der Waals surface area contributed by atoms with Gasteiger partial charge in [0.25, 0.3) is 5.91 Å². The van der Waals surface area contributed by atoms with Crippen LogP contribution in [0.1, 0.15) is 82.0 Å². The van der Waals surface area contributed by atoms with Crippen LogP contribution in [-0.2, 0) is 10.0 Å². The molecule has 0 aromatic heterocycles. The summed E-state index contributed by atoms with van der Waals surface area (Å²) < 4.78 is 31.7. The van der Waals surface area contributed by atoms with Crippen LogP contribution in [0, 0.1) is 5.92 Å². The number of benzene rings is 2. The highest BCUT2D eigenvalue weighted by Crippen LogP contribution is 2.39. The number of rotatable bonds is 13. The number of primary sulfonamides is 1. The van der Waals surface area contributed by atoms with Crippen LogP contribution in [0.5, 0.6) is 11.5 Å². The topological polar surface area (TPSA) is 102 Å². The van der Waals surface area contributed by atoms with Crippen molar-refractivity contribution in [3.63, 3.8) is 0 Å². The monoisotopic (exact) mass is 515 g/mol. The van der Waals surface area contributed by atoms with E-state index < -0.39 is 10.0 Å². The van der Waals surface area contributed by atoms with Crippen molar-refractivity contribution in [2.45, 2.75) is 76.5 Å². The van der Waals surface area contributed by atoms with Gasteiger partial charge in [0.1, 0.15) is 10.6 Å². The number of carbonyl (C=O) groups excluding carboxylic acids is 1. The average Bonchev–Trinajstić information content (AvgIpc) is 2.88. The Bertz CT molecular complexity index is 1080. The molecule has 2 aromatic carbocycles. The number of nitrogens with zero attached hydrogens (tertiary/aromatic N) is 1. The van der Waals surface area contributed by atoms with Gasteiger partial charge in [-0.15, -0.1) is 0 Å².